The van der Waals surface area contributed by atoms with Gasteiger partial charge in [-0.05, 0) is 43.6 Å². The van der Waals surface area contributed by atoms with E-state index in [1.807, 2.05) is 78.5 Å². The molecule has 12 rings (SSSR count). The van der Waals surface area contributed by atoms with Crippen molar-refractivity contribution in [3.05, 3.63) is 168 Å². The zero-order valence-corrected chi connectivity index (χ0v) is 58.8. The molecule has 4 unspecified atom stereocenters. The third-order valence-corrected chi connectivity index (χ3v) is 21.9. The van der Waals surface area contributed by atoms with Crippen LogP contribution in [0.2, 0.25) is 0 Å². The first-order valence-electron chi connectivity index (χ1n) is 33.8. The number of cyclic esters (lactones) is 2. The summed E-state index contributed by atoms with van der Waals surface area (Å²) in [4.78, 5) is 133. The molecule has 0 spiro atoms. The highest BCUT2D eigenvalue weighted by atomic mass is 31.2. The predicted octanol–water partition coefficient (Wildman–Crippen LogP) is 4.09. The molecule has 7 aromatic rings. The van der Waals surface area contributed by atoms with Crippen LogP contribution in [0, 0.1) is 23.7 Å². The lowest BCUT2D eigenvalue weighted by Crippen LogP contribution is -2.42. The molecule has 0 aliphatic carbocycles. The molecule has 8 N–H and O–H groups in total. The first kappa shape index (κ1) is 74.1. The number of nitrogen functional groups attached to an aromatic ring is 1. The van der Waals surface area contributed by atoms with Gasteiger partial charge in [0.25, 0.3) is 11.1 Å². The Morgan fingerprint density at radius 3 is 1.85 bits per heavy atom. The number of hydrogen-bond acceptors (Lipinski definition) is 24. The Hall–Kier alpha value is -8.61. The number of nitrogens with two attached hydrogens (primary N) is 1. The molecule has 5 aliphatic rings. The fourth-order valence-electron chi connectivity index (χ4n) is 13.5. The number of benzene rings is 3. The summed E-state index contributed by atoms with van der Waals surface area (Å²) >= 11 is 0. The van der Waals surface area contributed by atoms with Gasteiger partial charge >= 0.3 is 38.5 Å². The third kappa shape index (κ3) is 17.6. The van der Waals surface area contributed by atoms with Crippen LogP contribution in [0.4, 0.5) is 5.82 Å². The lowest BCUT2D eigenvalue weighted by molar-refractivity contribution is -0.172. The van der Waals surface area contributed by atoms with Crippen LogP contribution in [-0.2, 0) is 67.5 Å². The van der Waals surface area contributed by atoms with Gasteiger partial charge in [-0.1, -0.05) is 97.6 Å². The van der Waals surface area contributed by atoms with E-state index in [1.165, 1.54) is 25.8 Å². The molecule has 13 atom stereocenters. The van der Waals surface area contributed by atoms with Crippen LogP contribution < -0.4 is 33.5 Å². The average Bonchev–Trinajstić information content (AvgIpc) is 1.62. The number of aliphatic hydroxyl groups is 1. The SMILES string of the molecule is CCC(=O)NCC#Cc1cn([C@H]2C[C@H](CP(=O)(O)OC[C@H]3O[C@@H](n4cc(-c5ccc(C6OC(=O)CCN6CCN(C)C)cc5)c(=O)[nH]c4=O)C[C@@H]3CP(=O)(O)OC[C@H]3O[C@@H](n4cc(-c5ccc(C6OC(=O)CCN6Cc6ccccc6)cc5)c5c(N)ncnc54)C[C@@H]3O)[C@@H](COC)O2)c(=O)[nH]c1=O. The molecule has 34 heteroatoms. The van der Waals surface area contributed by atoms with Gasteiger partial charge in [0.2, 0.25) is 5.91 Å². The highest BCUT2D eigenvalue weighted by molar-refractivity contribution is 7.53. The van der Waals surface area contributed by atoms with Gasteiger partial charge in [-0.3, -0.25) is 62.0 Å². The molecule has 0 radical (unpaired) electrons. The van der Waals surface area contributed by atoms with Crippen LogP contribution in [0.1, 0.15) is 98.8 Å². The van der Waals surface area contributed by atoms with Crippen molar-refractivity contribution in [3.8, 4) is 34.1 Å². The number of aromatic amines is 2. The number of anilines is 1. The second-order valence-corrected chi connectivity index (χ2v) is 30.1. The van der Waals surface area contributed by atoms with E-state index in [9.17, 15) is 57.6 Å². The standard InChI is InChI=1S/C69H82N12O20P2/c1-5-55(83)71-23-9-12-46-32-80(68(88)74-64(46)86)56-28-47(52(97-56)35-94-4)38-102(90,91)95-36-53-48(29-57(98-53)81-34-50(65(87)75-69(81)89)43-15-19-44(20-16-43)66-77(27-26-76(2)3)24-21-59(84)100-66)39-103(92,93)96-37-54-51(82)30-58(99-54)79-33-49(61-62(70)72-40-73-63(61)79)42-13-17-45(18-14-42)67-78(25-22-60(85)101-67)31-41-10-7-6-8-11-41/h6-8,10-11,13-20,32-34,40,47-48,51-54,56-58,66-67,82H,5,21-31,35-39H2,1-4H3,(H,71,83)(H,90,91)(H,92,93)(H2,70,72,73)(H,74,86,88)(H,75,87,89)/t47-,48-,51+,52-,53-,54-,56-,57-,58-,66?,67?/m1/s1. The first-order chi connectivity index (χ1) is 49.4. The minimum atomic E-state index is -4.79. The number of amides is 1. The Balaban J connectivity index is 0.761. The Labute approximate surface area is 590 Å². The number of fused-ring (bicyclic) bond motifs is 1. The van der Waals surface area contributed by atoms with Crippen LogP contribution >= 0.6 is 15.2 Å². The lowest BCUT2D eigenvalue weighted by atomic mass is 10.0. The van der Waals surface area contributed by atoms with Gasteiger partial charge in [0.15, 0.2) is 12.5 Å². The number of H-pyrrole nitrogens is 2. The normalized spacial score (nSPS) is 25.1. The predicted molar refractivity (Wildman–Crippen MR) is 371 cm³/mol. The summed E-state index contributed by atoms with van der Waals surface area (Å²) in [5, 5.41) is 14.6. The van der Waals surface area contributed by atoms with E-state index < -0.39 is 131 Å². The number of carbonyl (C=O) groups is 3. The fraction of sp³-hybridized carbons (Fsp3) is 0.464. The zero-order chi connectivity index (χ0) is 72.9. The van der Waals surface area contributed by atoms with Gasteiger partial charge in [-0.25, -0.2) is 19.6 Å². The number of esters is 2. The van der Waals surface area contributed by atoms with Crippen molar-refractivity contribution >= 4 is 49.9 Å². The lowest BCUT2D eigenvalue weighted by Gasteiger charge is -2.35. The molecule has 4 aromatic heterocycles. The van der Waals surface area contributed by atoms with Crippen molar-refractivity contribution in [2.75, 3.05) is 91.8 Å². The molecule has 9 heterocycles. The van der Waals surface area contributed by atoms with Gasteiger partial charge in [0, 0.05) is 99.8 Å². The number of hydrogen-bond donors (Lipinski definition) is 7. The average molecular weight is 1460 g/mol. The summed E-state index contributed by atoms with van der Waals surface area (Å²) in [7, 11) is -4.25. The Morgan fingerprint density at radius 1 is 0.699 bits per heavy atom. The molecule has 0 bridgehead atoms. The second-order valence-electron chi connectivity index (χ2n) is 26.4. The van der Waals surface area contributed by atoms with E-state index in [0.29, 0.717) is 66.0 Å². The molecular formula is C69H82N12O20P2. The van der Waals surface area contributed by atoms with Crippen LogP contribution in [0.3, 0.4) is 0 Å². The number of nitrogens with one attached hydrogen (secondary N) is 3. The Kier molecular flexibility index (Phi) is 23.2. The molecule has 32 nitrogen and oxygen atoms in total. The summed E-state index contributed by atoms with van der Waals surface area (Å²) in [6.07, 6.45) is -4.51. The molecule has 0 saturated carbocycles. The first-order valence-corrected chi connectivity index (χ1v) is 37.3. The van der Waals surface area contributed by atoms with Gasteiger partial charge in [0.05, 0.1) is 80.8 Å². The van der Waals surface area contributed by atoms with E-state index in [4.69, 9.17) is 43.2 Å². The van der Waals surface area contributed by atoms with Gasteiger partial charge < -0.3 is 72.9 Å². The van der Waals surface area contributed by atoms with Crippen molar-refractivity contribution < 1.29 is 75.9 Å². The van der Waals surface area contributed by atoms with E-state index in [2.05, 4.69) is 42.0 Å². The number of aliphatic hydroxyl groups excluding tert-OH is 1. The number of likely N-dealkylation sites (N-methyl/N-ethyl adjacent to an activating group) is 1. The zero-order valence-electron chi connectivity index (χ0n) is 57.0. The van der Waals surface area contributed by atoms with Gasteiger partial charge in [-0.15, -0.1) is 0 Å². The van der Waals surface area contributed by atoms with Crippen molar-refractivity contribution in [3.63, 3.8) is 0 Å². The molecular weight excluding hydrogens is 1380 g/mol. The highest BCUT2D eigenvalue weighted by Crippen LogP contribution is 2.53. The number of rotatable bonds is 26. The Morgan fingerprint density at radius 2 is 1.24 bits per heavy atom. The monoisotopic (exact) mass is 1460 g/mol. The molecule has 548 valence electrons. The minimum Gasteiger partial charge on any atom is -0.442 e. The van der Waals surface area contributed by atoms with Crippen molar-refractivity contribution in [2.45, 2.75) is 108 Å². The summed E-state index contributed by atoms with van der Waals surface area (Å²) in [5.41, 5.74) is 7.68. The number of methoxy groups -OCH3 is 1. The van der Waals surface area contributed by atoms with Crippen LogP contribution in [-0.4, -0.2) is 192 Å². The van der Waals surface area contributed by atoms with Crippen molar-refractivity contribution in [2.24, 2.45) is 11.8 Å². The Bertz CT molecular complexity index is 4650. The van der Waals surface area contributed by atoms with E-state index in [-0.39, 0.29) is 86.5 Å². The topological polar surface area (TPSA) is 408 Å². The number of carbonyl (C=O) groups excluding carboxylic acids is 3. The van der Waals surface area contributed by atoms with Crippen LogP contribution in [0.5, 0.6) is 0 Å². The van der Waals surface area contributed by atoms with E-state index >= 15 is 0 Å². The van der Waals surface area contributed by atoms with Crippen molar-refractivity contribution in [1.82, 2.24) is 53.7 Å². The summed E-state index contributed by atoms with van der Waals surface area (Å²) in [6, 6.07) is 24.1. The third-order valence-electron chi connectivity index (χ3n) is 18.9. The molecule has 5 fully saturated rings. The molecule has 103 heavy (non-hydrogen) atoms. The maximum absolute atomic E-state index is 14.5. The number of aromatic nitrogens is 7. The summed E-state index contributed by atoms with van der Waals surface area (Å²) < 4.78 is 80.5. The van der Waals surface area contributed by atoms with Gasteiger partial charge in [0.1, 0.15) is 48.1 Å². The summed E-state index contributed by atoms with van der Waals surface area (Å²) in [6.45, 7) is 3.05. The minimum absolute atomic E-state index is 0.0195. The largest absolute Gasteiger partial charge is 0.442 e. The quantitative estimate of drug-likeness (QED) is 0.0228. The molecule has 5 saturated heterocycles. The van der Waals surface area contributed by atoms with E-state index in [1.54, 1.807) is 42.0 Å². The molecule has 1 amide bonds. The smallest absolute Gasteiger partial charge is 0.330 e. The number of nitrogens with zero attached hydrogens (tertiary/aromatic N) is 8. The highest BCUT2D eigenvalue weighted by Gasteiger charge is 2.46. The molecule has 5 aliphatic heterocycles. The second kappa shape index (κ2) is 32.2. The molecule has 3 aromatic carbocycles. The summed E-state index contributed by atoms with van der Waals surface area (Å²) in [5.74, 6) is 2.68. The maximum atomic E-state index is 14.5. The fourth-order valence-corrected chi connectivity index (χ4v) is 16.5. The van der Waals surface area contributed by atoms with Crippen LogP contribution in [0.15, 0.2) is 123 Å². The van der Waals surface area contributed by atoms with E-state index in [0.717, 1.165) is 20.3 Å². The maximum Gasteiger partial charge on any atom is 0.330 e. The van der Waals surface area contributed by atoms with Crippen LogP contribution in [0.25, 0.3) is 33.3 Å². The van der Waals surface area contributed by atoms with Crippen molar-refractivity contribution in [1.29, 1.82) is 0 Å². The number of ether oxygens (including phenoxy) is 6. The van der Waals surface area contributed by atoms with Gasteiger partial charge in [-0.2, -0.15) is 0 Å².